The van der Waals surface area contributed by atoms with Gasteiger partial charge in [-0.2, -0.15) is 0 Å². The van der Waals surface area contributed by atoms with Gasteiger partial charge in [-0.05, 0) is 104 Å². The number of non-ortho nitro benzene ring substituents is 4. The number of hydrogen-bond acceptors (Lipinski definition) is 8. The highest BCUT2D eigenvalue weighted by molar-refractivity contribution is 9.11. The molecular formula is C92H28Br4Cl23F2N17O8. The fourth-order valence-corrected chi connectivity index (χ4v) is 21.9. The second-order valence-electron chi connectivity index (χ2n) is 27.7. The van der Waals surface area contributed by atoms with E-state index in [1.807, 2.05) is 19.1 Å². The largest absolute Gasteiger partial charge is 0.275 e. The molecule has 54 heteroatoms. The monoisotopic (exact) mass is 2660 g/mol. The number of aryl methyl sites for hydroxylation is 1. The zero-order valence-electron chi connectivity index (χ0n) is 70.6. The first-order chi connectivity index (χ1) is 68.7. The number of hydrogen-bond donors (Lipinski definition) is 0. The smallest absolute Gasteiger partial charge is 0.258 e. The van der Waals surface area contributed by atoms with Gasteiger partial charge in [0.25, 0.3) is 22.7 Å². The molecule has 0 heterocycles. The summed E-state index contributed by atoms with van der Waals surface area (Å²) in [4.78, 5) is 82.6. The van der Waals surface area contributed by atoms with Gasteiger partial charge in [0.15, 0.2) is 5.69 Å². The lowest BCUT2D eigenvalue weighted by Gasteiger charge is -2.15. The summed E-state index contributed by atoms with van der Waals surface area (Å²) in [7, 11) is 0. The quantitative estimate of drug-likeness (QED) is 0.0390. The van der Waals surface area contributed by atoms with Crippen LogP contribution in [-0.2, 0) is 38.5 Å². The van der Waals surface area contributed by atoms with E-state index in [4.69, 9.17) is 352 Å². The van der Waals surface area contributed by atoms with Crippen molar-refractivity contribution in [2.75, 3.05) is 0 Å². The molecule has 0 aromatic heterocycles. The van der Waals surface area contributed by atoms with Gasteiger partial charge >= 0.3 is 0 Å². The van der Waals surface area contributed by atoms with E-state index >= 15 is 0 Å². The van der Waals surface area contributed by atoms with Crippen molar-refractivity contribution >= 4 is 427 Å². The van der Waals surface area contributed by atoms with E-state index < -0.39 is 49.0 Å². The normalized spacial score (nSPS) is 10.1. The van der Waals surface area contributed by atoms with Gasteiger partial charge in [-0.25, -0.2) is 71.8 Å². The highest BCUT2D eigenvalue weighted by atomic mass is 79.9. The van der Waals surface area contributed by atoms with Crippen molar-refractivity contribution in [1.82, 2.24) is 0 Å². The Morgan fingerprint density at radius 2 is 0.432 bits per heavy atom. The van der Waals surface area contributed by atoms with Crippen molar-refractivity contribution in [3.05, 3.63) is 485 Å². The van der Waals surface area contributed by atoms with Crippen LogP contribution >= 0.6 is 331 Å². The third-order valence-corrected chi connectivity index (χ3v) is 31.8. The highest BCUT2D eigenvalue weighted by Crippen LogP contribution is 2.58. The Kier molecular flexibility index (Phi) is 45.9. The molecule has 146 heavy (non-hydrogen) atoms. The maximum Gasteiger partial charge on any atom is 0.275 e. The van der Waals surface area contributed by atoms with Crippen LogP contribution in [0.15, 0.2) is 96.8 Å². The molecule has 0 amide bonds. The van der Waals surface area contributed by atoms with Crippen LogP contribution in [0.1, 0.15) is 72.3 Å². The lowest BCUT2D eigenvalue weighted by Crippen LogP contribution is -2.01. The molecule has 0 aliphatic rings. The fraction of sp³-hybridized carbons (Fsp3) is 0.0761. The maximum atomic E-state index is 14.1. The molecule has 25 nitrogen and oxygen atoms in total. The first kappa shape index (κ1) is 123. The molecule has 0 radical (unpaired) electrons. The van der Waals surface area contributed by atoms with Crippen molar-refractivity contribution in [3.63, 3.8) is 0 Å². The maximum absolute atomic E-state index is 14.1. The van der Waals surface area contributed by atoms with Crippen LogP contribution in [0.2, 0.25) is 116 Å². The molecule has 0 atom stereocenters. The molecule has 0 saturated carbocycles. The topological polar surface area (TPSA) is 229 Å². The van der Waals surface area contributed by atoms with Crippen molar-refractivity contribution in [3.8, 4) is 0 Å². The van der Waals surface area contributed by atoms with E-state index in [0.717, 1.165) is 33.8 Å². The Morgan fingerprint density at radius 1 is 0.233 bits per heavy atom. The van der Waals surface area contributed by atoms with Gasteiger partial charge in [0.1, 0.15) is 11.6 Å². The van der Waals surface area contributed by atoms with Gasteiger partial charge in [-0.3, -0.25) is 40.5 Å². The van der Waals surface area contributed by atoms with Crippen molar-refractivity contribution in [1.29, 1.82) is 0 Å². The van der Waals surface area contributed by atoms with Gasteiger partial charge in [0.2, 0.25) is 68.2 Å². The minimum absolute atomic E-state index is 0.00347. The van der Waals surface area contributed by atoms with Crippen molar-refractivity contribution in [2.24, 2.45) is 0 Å². The number of benzene rings is 12. The van der Waals surface area contributed by atoms with Gasteiger partial charge < -0.3 is 0 Å². The second kappa shape index (κ2) is 54.5. The molecule has 732 valence electrons. The molecule has 0 saturated heterocycles. The van der Waals surface area contributed by atoms with Gasteiger partial charge in [0.05, 0.1) is 188 Å². The first-order valence-electron chi connectivity index (χ1n) is 37.4. The average molecular weight is 2670 g/mol. The predicted molar refractivity (Wildman–Crippen MR) is 593 cm³/mol. The lowest BCUT2D eigenvalue weighted by molar-refractivity contribution is -0.385. The van der Waals surface area contributed by atoms with Crippen molar-refractivity contribution in [2.45, 2.75) is 45.4 Å². The number of rotatable bonds is 16. The zero-order valence-corrected chi connectivity index (χ0v) is 94.3. The second-order valence-corrected chi connectivity index (χ2v) is 40.0. The average Bonchev–Trinajstić information content (AvgIpc) is 0.760. The molecule has 0 unspecified atom stereocenters. The van der Waals surface area contributed by atoms with E-state index in [1.54, 1.807) is 18.2 Å². The standard InChI is InChI=1S/C16H7BrCl4N2.C16H4BrCl3N4O2.C15H4Br2Cl3N3O2.C15H4Cl5N3O2.C15H5Cl5N2.C15H4Cl3F2N3O2/c1-7-4-10(17)8(11(18)5-7)6-9-12(19)14(21)16(23-3)15(22-2)13(9)20;1-21-11-5-7(24(25)26)4-10(17)8(11)6-9-12(18)14(20)16(23-3)15(22-2)13(9)19;2*1-21-14-12(19)8(11(18)13(20)15(14)22-2)5-7-9(16)3-6(23(24)25)4-10(7)17;1-21-14-12(19)8(11(18)13(20)15(14)22-2)6-7-9(16)4-3-5-10(7)17;1-21-14-12(17)8(11(16)13(18)15(14)22-2)5-7-9(19)3-6(23(24)25)4-10(7)20/h4-5H,6H2,1H3;4-5H,6H2;2*3-4H,5H2;3-5H,6H2;3-4H,5H2. The first-order valence-corrected chi connectivity index (χ1v) is 49.3. The van der Waals surface area contributed by atoms with E-state index in [-0.39, 0.29) is 240 Å². The SMILES string of the molecule is [C-]#[N+]c1c(Cl)c(Cl)c(Cc2c(Br)cc([N+](=O)[O-])cc2Br)c(Cl)c1[N+]#[C-].[C-]#[N+]c1c(Cl)c(Cl)c(Cc2c(Cl)cc(C)cc2Br)c(Cl)c1[N+]#[C-].[C-]#[N+]c1c(Cl)c(Cl)c(Cc2c(Cl)cc([N+](=O)[O-])cc2Cl)c(Cl)c1[N+]#[C-].[C-]#[N+]c1c(Cl)c(Cl)c(Cc2c(Cl)cccc2Cl)c(Cl)c1[N+]#[C-].[C-]#[N+]c1c(Cl)c(Cl)c(Cc2c(F)cc([N+](=O)[O-])cc2F)c(Cl)c1[N+]#[C-].[C-]#[N+]c1cc([N+](=O)[O-])cc(Br)c1Cc1c(Cl)c(Cl)c([N+]#[C-])c([N+]#[C-])c1Cl. The number of halogens is 29. The molecule has 0 bridgehead atoms. The molecule has 0 fully saturated rings. The Morgan fingerprint density at radius 3 is 0.685 bits per heavy atom. The highest BCUT2D eigenvalue weighted by Gasteiger charge is 2.33. The van der Waals surface area contributed by atoms with Gasteiger partial charge in [0, 0.05) is 137 Å². The fourth-order valence-electron chi connectivity index (χ4n) is 12.5. The van der Waals surface area contributed by atoms with E-state index in [2.05, 4.69) is 127 Å². The van der Waals surface area contributed by atoms with E-state index in [0.29, 0.717) is 79.6 Å². The van der Waals surface area contributed by atoms with E-state index in [9.17, 15) is 49.2 Å². The van der Waals surface area contributed by atoms with E-state index in [1.165, 1.54) is 18.2 Å². The zero-order chi connectivity index (χ0) is 110. The minimum Gasteiger partial charge on any atom is -0.258 e. The van der Waals surface area contributed by atoms with Crippen molar-refractivity contribution < 1.29 is 28.5 Å². The lowest BCUT2D eigenvalue weighted by atomic mass is 10.0. The molecule has 12 rings (SSSR count). The summed E-state index contributed by atoms with van der Waals surface area (Å²) in [6, 6.07) is 17.4. The van der Waals surface area contributed by atoms with Crippen LogP contribution in [0.4, 0.5) is 105 Å². The van der Waals surface area contributed by atoms with Crippen LogP contribution in [-0.4, -0.2) is 19.7 Å². The summed E-state index contributed by atoms with van der Waals surface area (Å²) in [5, 5.41) is 44.5. The third kappa shape index (κ3) is 27.4. The molecule has 12 aromatic carbocycles. The summed E-state index contributed by atoms with van der Waals surface area (Å²) in [5.41, 5.74) is 2.26. The number of nitro benzene ring substituents is 4. The van der Waals surface area contributed by atoms with Crippen LogP contribution < -0.4 is 0 Å². The third-order valence-electron chi connectivity index (χ3n) is 19.5. The molecule has 0 N–H and O–H groups in total. The Balaban J connectivity index is 0.000000238. The van der Waals surface area contributed by atoms with Crippen LogP contribution in [0.3, 0.4) is 0 Å². The molecule has 0 spiro atoms. The van der Waals surface area contributed by atoms with Gasteiger partial charge in [-0.1, -0.05) is 337 Å². The molecule has 0 aliphatic carbocycles. The van der Waals surface area contributed by atoms with Crippen LogP contribution in [0.5, 0.6) is 0 Å². The summed E-state index contributed by atoms with van der Waals surface area (Å²) < 4.78 is 30.2. The Bertz CT molecular complexity index is 7780. The summed E-state index contributed by atoms with van der Waals surface area (Å²) >= 11 is 155. The summed E-state index contributed by atoms with van der Waals surface area (Å²) in [5.74, 6) is -2.35. The number of nitro groups is 4. The minimum atomic E-state index is -1.17. The summed E-state index contributed by atoms with van der Waals surface area (Å²) in [6.45, 7) is 95.2. The van der Waals surface area contributed by atoms with Crippen LogP contribution in [0, 0.1) is 144 Å². The number of nitrogens with zero attached hydrogens (tertiary/aromatic N) is 17. The Labute approximate surface area is 975 Å². The van der Waals surface area contributed by atoms with Gasteiger partial charge in [-0.15, -0.1) is 0 Å². The molecule has 12 aromatic rings. The predicted octanol–water partition coefficient (Wildman–Crippen LogP) is 45.1. The summed E-state index contributed by atoms with van der Waals surface area (Å²) in [6.07, 6.45) is 0.113. The molecule has 0 aliphatic heterocycles. The van der Waals surface area contributed by atoms with Crippen LogP contribution in [0.25, 0.3) is 63.0 Å². The molecular weight excluding hydrogens is 2640 g/mol. The Hall–Kier alpha value is -9.94.